The van der Waals surface area contributed by atoms with Gasteiger partial charge in [-0.25, -0.2) is 14.3 Å². The predicted molar refractivity (Wildman–Crippen MR) is 214 cm³/mol. The number of carbonyl (C=O) groups excluding carboxylic acids is 2. The smallest absolute Gasteiger partial charge is 0.408 e. The summed E-state index contributed by atoms with van der Waals surface area (Å²) < 4.78 is 45.5. The van der Waals surface area contributed by atoms with Gasteiger partial charge in [-0.05, 0) is 43.0 Å². The molecule has 1 saturated heterocycles. The van der Waals surface area contributed by atoms with Crippen LogP contribution in [0.3, 0.4) is 0 Å². The number of amides is 1. The Morgan fingerprint density at radius 1 is 0.707 bits per heavy atom. The molecule has 2 heterocycles. The largest absolute Gasteiger partial charge is 0.467 e. The highest BCUT2D eigenvalue weighted by atomic mass is 16.6. The second-order valence-electron chi connectivity index (χ2n) is 15.0. The zero-order valence-electron chi connectivity index (χ0n) is 33.3. The van der Waals surface area contributed by atoms with Gasteiger partial charge in [0.15, 0.2) is 0 Å². The molecule has 4 aromatic carbocycles. The maximum Gasteiger partial charge on any atom is 0.408 e. The van der Waals surface area contributed by atoms with Crippen molar-refractivity contribution >= 4 is 12.1 Å². The average Bonchev–Trinajstić information content (AvgIpc) is 3.70. The number of esters is 1. The number of hydrogen-bond donors (Lipinski definition) is 1. The number of benzene rings is 4. The van der Waals surface area contributed by atoms with Crippen molar-refractivity contribution in [1.82, 2.24) is 20.3 Å². The number of carbonyl (C=O) groups is 2. The van der Waals surface area contributed by atoms with Crippen molar-refractivity contribution in [3.63, 3.8) is 0 Å². The summed E-state index contributed by atoms with van der Waals surface area (Å²) in [6, 6.07) is 38.5. The van der Waals surface area contributed by atoms with Gasteiger partial charge in [0.25, 0.3) is 0 Å². The zero-order chi connectivity index (χ0) is 40.7. The third-order valence-corrected chi connectivity index (χ3v) is 9.28. The Labute approximate surface area is 339 Å². The number of alkyl carbamates (subject to hydrolysis) is 1. The Morgan fingerprint density at radius 3 is 1.69 bits per heavy atom. The fourth-order valence-electron chi connectivity index (χ4n) is 6.52. The monoisotopic (exact) mass is 792 g/mol. The number of rotatable bonds is 18. The first-order valence-electron chi connectivity index (χ1n) is 19.4. The van der Waals surface area contributed by atoms with Crippen molar-refractivity contribution in [2.45, 2.75) is 95.9 Å². The summed E-state index contributed by atoms with van der Waals surface area (Å²) in [5.41, 5.74) is 3.57. The minimum absolute atomic E-state index is 0.0957. The molecule has 5 aromatic rings. The summed E-state index contributed by atoms with van der Waals surface area (Å²) in [4.78, 5) is 25.5. The Hall–Kier alpha value is -5.44. The van der Waals surface area contributed by atoms with Crippen LogP contribution in [0.15, 0.2) is 128 Å². The Kier molecular flexibility index (Phi) is 15.1. The van der Waals surface area contributed by atoms with Crippen LogP contribution in [0, 0.1) is 0 Å². The van der Waals surface area contributed by atoms with E-state index in [9.17, 15) is 9.59 Å². The van der Waals surface area contributed by atoms with E-state index in [2.05, 4.69) is 15.6 Å². The topological polar surface area (TPSA) is 141 Å². The third kappa shape index (κ3) is 12.5. The summed E-state index contributed by atoms with van der Waals surface area (Å²) in [5.74, 6) is -0.677. The maximum atomic E-state index is 12.8. The van der Waals surface area contributed by atoms with E-state index < -0.39 is 54.2 Å². The van der Waals surface area contributed by atoms with Crippen molar-refractivity contribution in [3.05, 3.63) is 155 Å². The van der Waals surface area contributed by atoms with Gasteiger partial charge in [0.05, 0.1) is 52.9 Å². The Balaban J connectivity index is 1.34. The van der Waals surface area contributed by atoms with Crippen molar-refractivity contribution in [3.8, 4) is 0 Å². The third-order valence-electron chi connectivity index (χ3n) is 9.28. The van der Waals surface area contributed by atoms with Crippen LogP contribution >= 0.6 is 0 Å². The molecular formula is C45H52N4O9. The molecule has 6 rings (SSSR count). The van der Waals surface area contributed by atoms with Crippen molar-refractivity contribution in [2.75, 3.05) is 13.7 Å². The van der Waals surface area contributed by atoms with Crippen LogP contribution in [-0.4, -0.2) is 76.8 Å². The van der Waals surface area contributed by atoms with Gasteiger partial charge in [0.1, 0.15) is 47.9 Å². The SMILES string of the molecule is COC(=O)[C@H](Cn1cc([C@@H]2O[C@H](COCc3ccccc3)[C@@H](OCc3ccccc3)[C@H](OCc3ccccc3)[C@H]2OCc2ccccc2)nn1)NC(=O)OC(C)(C)C. The van der Waals surface area contributed by atoms with Gasteiger partial charge in [-0.1, -0.05) is 127 Å². The van der Waals surface area contributed by atoms with Crippen LogP contribution in [0.25, 0.3) is 0 Å². The first kappa shape index (κ1) is 42.2. The number of methoxy groups -OCH3 is 1. The van der Waals surface area contributed by atoms with Gasteiger partial charge < -0.3 is 38.5 Å². The second-order valence-corrected chi connectivity index (χ2v) is 15.0. The van der Waals surface area contributed by atoms with Crippen LogP contribution in [0.1, 0.15) is 54.8 Å². The molecule has 13 heteroatoms. The number of nitrogens with one attached hydrogen (secondary N) is 1. The van der Waals surface area contributed by atoms with E-state index in [0.29, 0.717) is 18.9 Å². The van der Waals surface area contributed by atoms with Gasteiger partial charge >= 0.3 is 12.1 Å². The Morgan fingerprint density at radius 2 is 1.19 bits per heavy atom. The molecule has 0 unspecified atom stereocenters. The lowest BCUT2D eigenvalue weighted by atomic mass is 9.92. The molecular weight excluding hydrogens is 741 g/mol. The van der Waals surface area contributed by atoms with Crippen molar-refractivity contribution in [1.29, 1.82) is 0 Å². The van der Waals surface area contributed by atoms with Gasteiger partial charge in [-0.2, -0.15) is 0 Å². The minimum Gasteiger partial charge on any atom is -0.467 e. The van der Waals surface area contributed by atoms with E-state index in [1.807, 2.05) is 121 Å². The van der Waals surface area contributed by atoms with Crippen molar-refractivity contribution < 1.29 is 42.7 Å². The maximum absolute atomic E-state index is 12.8. The highest BCUT2D eigenvalue weighted by Gasteiger charge is 2.50. The van der Waals surface area contributed by atoms with E-state index >= 15 is 0 Å². The normalized spacial score (nSPS) is 19.9. The van der Waals surface area contributed by atoms with E-state index in [0.717, 1.165) is 22.3 Å². The van der Waals surface area contributed by atoms with Crippen LogP contribution < -0.4 is 5.32 Å². The molecule has 1 amide bonds. The highest BCUT2D eigenvalue weighted by Crippen LogP contribution is 2.38. The molecule has 13 nitrogen and oxygen atoms in total. The zero-order valence-corrected chi connectivity index (χ0v) is 33.3. The van der Waals surface area contributed by atoms with Gasteiger partial charge in [0, 0.05) is 0 Å². The molecule has 1 aliphatic rings. The van der Waals surface area contributed by atoms with Crippen LogP contribution in [0.5, 0.6) is 0 Å². The summed E-state index contributed by atoms with van der Waals surface area (Å²) in [6.07, 6.45) is -2.65. The molecule has 0 saturated carbocycles. The lowest BCUT2D eigenvalue weighted by molar-refractivity contribution is -0.275. The summed E-state index contributed by atoms with van der Waals surface area (Å²) in [5, 5.41) is 11.5. The molecule has 1 aromatic heterocycles. The highest BCUT2D eigenvalue weighted by molar-refractivity contribution is 5.81. The van der Waals surface area contributed by atoms with E-state index in [1.54, 1.807) is 27.0 Å². The molecule has 1 fully saturated rings. The predicted octanol–water partition coefficient (Wildman–Crippen LogP) is 6.76. The Bertz CT molecular complexity index is 1980. The fraction of sp³-hybridized carbons (Fsp3) is 0.378. The molecule has 1 aliphatic heterocycles. The van der Waals surface area contributed by atoms with Gasteiger partial charge in [-0.15, -0.1) is 5.10 Å². The number of aromatic nitrogens is 3. The summed E-state index contributed by atoms with van der Waals surface area (Å²) in [7, 11) is 1.25. The number of ether oxygens (including phenoxy) is 7. The molecule has 0 aliphatic carbocycles. The quantitative estimate of drug-likeness (QED) is 0.0942. The minimum atomic E-state index is -1.12. The first-order chi connectivity index (χ1) is 28.1. The lowest BCUT2D eigenvalue weighted by Gasteiger charge is -2.45. The van der Waals surface area contributed by atoms with E-state index in [-0.39, 0.29) is 26.4 Å². The second kappa shape index (κ2) is 20.8. The summed E-state index contributed by atoms with van der Waals surface area (Å²) >= 11 is 0. The van der Waals surface area contributed by atoms with Crippen molar-refractivity contribution in [2.24, 2.45) is 0 Å². The molecule has 0 bridgehead atoms. The fourth-order valence-corrected chi connectivity index (χ4v) is 6.52. The number of nitrogens with zero attached hydrogens (tertiary/aromatic N) is 3. The van der Waals surface area contributed by atoms with Gasteiger partial charge in [0.2, 0.25) is 0 Å². The van der Waals surface area contributed by atoms with E-state index in [1.165, 1.54) is 11.8 Å². The van der Waals surface area contributed by atoms with Crippen LogP contribution in [0.2, 0.25) is 0 Å². The van der Waals surface area contributed by atoms with E-state index in [4.69, 9.17) is 33.2 Å². The average molecular weight is 793 g/mol. The molecule has 0 spiro atoms. The lowest BCUT2D eigenvalue weighted by Crippen LogP contribution is -2.58. The molecule has 58 heavy (non-hydrogen) atoms. The van der Waals surface area contributed by atoms with Crippen LogP contribution in [0.4, 0.5) is 4.79 Å². The first-order valence-corrected chi connectivity index (χ1v) is 19.4. The van der Waals surface area contributed by atoms with Gasteiger partial charge in [-0.3, -0.25) is 0 Å². The van der Waals surface area contributed by atoms with Crippen LogP contribution in [-0.2, 0) is 70.9 Å². The molecule has 306 valence electrons. The summed E-state index contributed by atoms with van der Waals surface area (Å²) in [6.45, 7) is 6.44. The number of hydrogen-bond acceptors (Lipinski definition) is 11. The standard InChI is InChI=1S/C45H52N4O9/c1-45(2,3)58-44(51)46-37(43(50)52-4)26-49-25-36(47-48-49)39-41(55-29-34-21-13-7-14-22-34)42(56-30-35-23-15-8-16-24-35)40(54-28-33-19-11-6-12-20-33)38(57-39)31-53-27-32-17-9-5-10-18-32/h5-25,37-42H,26-31H2,1-4H3,(H,46,51)/t37-,38+,39-,40+,41-,42-/m0/s1. The molecule has 0 radical (unpaired) electrons. The molecule has 6 atom stereocenters. The molecule has 1 N–H and O–H groups in total.